The molecule has 0 spiro atoms. The molecule has 0 amide bonds. The molecule has 0 radical (unpaired) electrons. The van der Waals surface area contributed by atoms with Crippen LogP contribution in [0.2, 0.25) is 0 Å². The number of carbonyl (C=O) groups excluding carboxylic acids is 1. The number of halogens is 4. The minimum atomic E-state index is -1.29. The molecule has 0 aliphatic carbocycles. The molecular weight excluding hydrogens is 226 g/mol. The number of carbonyl (C=O) groups is 1. The second-order valence-electron chi connectivity index (χ2n) is 1.11. The maximum Gasteiger partial charge on any atom is 0.282 e. The van der Waals surface area contributed by atoms with Crippen LogP contribution in [0.1, 0.15) is 0 Å². The van der Waals surface area contributed by atoms with Crippen molar-refractivity contribution in [2.24, 2.45) is 0 Å². The molecule has 0 atom stereocenters. The summed E-state index contributed by atoms with van der Waals surface area (Å²) in [5.74, 6) is -0.0424. The fourth-order valence-electron chi connectivity index (χ4n) is 0.145. The van der Waals surface area contributed by atoms with Crippen LogP contribution in [0.3, 0.4) is 0 Å². The van der Waals surface area contributed by atoms with Crippen LogP contribution in [-0.4, -0.2) is 14.1 Å². The van der Waals surface area contributed by atoms with E-state index < -0.39 is 8.24 Å². The molecule has 9 heavy (non-hydrogen) atoms. The third-order valence-corrected chi connectivity index (χ3v) is 2.78. The molecule has 0 heterocycles. The molecule has 0 aliphatic rings. The highest BCUT2D eigenvalue weighted by atomic mass is 35.5. The Hall–Kier alpha value is 1.18. The SMILES string of the molecule is O=C(Cl)SC(Cl)(Cl)CCl. The van der Waals surface area contributed by atoms with Crippen molar-refractivity contribution in [2.45, 2.75) is 3.67 Å². The van der Waals surface area contributed by atoms with Crippen LogP contribution in [0.15, 0.2) is 0 Å². The zero-order chi connectivity index (χ0) is 7.49. The van der Waals surface area contributed by atoms with Crippen LogP contribution >= 0.6 is 58.2 Å². The number of hydrogen-bond donors (Lipinski definition) is 0. The lowest BCUT2D eigenvalue weighted by Crippen LogP contribution is -2.09. The van der Waals surface area contributed by atoms with Gasteiger partial charge in [-0.15, -0.1) is 11.6 Å². The molecule has 0 saturated heterocycles. The Labute approximate surface area is 77.0 Å². The van der Waals surface area contributed by atoms with E-state index in [-0.39, 0.29) is 5.88 Å². The highest BCUT2D eigenvalue weighted by Gasteiger charge is 2.26. The topological polar surface area (TPSA) is 17.1 Å². The van der Waals surface area contributed by atoms with Crippen LogP contribution in [-0.2, 0) is 0 Å². The van der Waals surface area contributed by atoms with E-state index in [1.54, 1.807) is 0 Å². The molecule has 0 rings (SSSR count). The monoisotopic (exact) mass is 226 g/mol. The average Bonchev–Trinajstić information content (AvgIpc) is 1.63. The van der Waals surface area contributed by atoms with Crippen LogP contribution < -0.4 is 0 Å². The van der Waals surface area contributed by atoms with E-state index in [1.807, 2.05) is 0 Å². The third-order valence-electron chi connectivity index (χ3n) is 0.385. The highest BCUT2D eigenvalue weighted by Crippen LogP contribution is 2.37. The average molecular weight is 228 g/mol. The normalized spacial score (nSPS) is 11.6. The van der Waals surface area contributed by atoms with Gasteiger partial charge < -0.3 is 0 Å². The Bertz CT molecular complexity index is 114. The minimum absolute atomic E-state index is 0.0424. The van der Waals surface area contributed by atoms with Gasteiger partial charge in [-0.25, -0.2) is 0 Å². The smallest absolute Gasteiger partial charge is 0.268 e. The first-order chi connectivity index (χ1) is 3.98. The molecule has 0 bridgehead atoms. The molecule has 0 aromatic heterocycles. The van der Waals surface area contributed by atoms with Crippen LogP contribution in [0.25, 0.3) is 0 Å². The third kappa shape index (κ3) is 5.62. The zero-order valence-corrected chi connectivity index (χ0v) is 7.88. The first-order valence-electron chi connectivity index (χ1n) is 1.80. The number of thioether (sulfide) groups is 1. The molecule has 6 heteroatoms. The van der Waals surface area contributed by atoms with E-state index in [2.05, 4.69) is 0 Å². The summed E-state index contributed by atoms with van der Waals surface area (Å²) in [6.07, 6.45) is 0. The standard InChI is InChI=1S/C3H2Cl4OS/c4-1-3(6,7)9-2(5)8/h1H2. The molecule has 0 saturated carbocycles. The lowest BCUT2D eigenvalue weighted by Gasteiger charge is -2.10. The van der Waals surface area contributed by atoms with Crippen molar-refractivity contribution in [1.82, 2.24) is 0 Å². The van der Waals surface area contributed by atoms with E-state index in [4.69, 9.17) is 46.4 Å². The van der Waals surface area contributed by atoms with Gasteiger partial charge in [-0.2, -0.15) is 0 Å². The molecule has 0 fully saturated rings. The van der Waals surface area contributed by atoms with Gasteiger partial charge >= 0.3 is 0 Å². The fraction of sp³-hybridized carbons (Fsp3) is 0.667. The zero-order valence-electron chi connectivity index (χ0n) is 4.04. The Morgan fingerprint density at radius 1 is 1.56 bits per heavy atom. The highest BCUT2D eigenvalue weighted by molar-refractivity contribution is 8.19. The number of rotatable bonds is 2. The van der Waals surface area contributed by atoms with E-state index in [1.165, 1.54) is 0 Å². The Balaban J connectivity index is 3.71. The second-order valence-corrected chi connectivity index (χ2v) is 5.15. The fourth-order valence-corrected chi connectivity index (χ4v) is 1.65. The summed E-state index contributed by atoms with van der Waals surface area (Å²) >= 11 is 21.6. The van der Waals surface area contributed by atoms with Crippen molar-refractivity contribution in [1.29, 1.82) is 0 Å². The van der Waals surface area contributed by atoms with Gasteiger partial charge in [0.1, 0.15) is 0 Å². The van der Waals surface area contributed by atoms with Crippen molar-refractivity contribution in [3.8, 4) is 0 Å². The van der Waals surface area contributed by atoms with Gasteiger partial charge in [-0.3, -0.25) is 4.79 Å². The van der Waals surface area contributed by atoms with Crippen LogP contribution in [0.5, 0.6) is 0 Å². The van der Waals surface area contributed by atoms with Gasteiger partial charge in [0.2, 0.25) is 0 Å². The molecule has 0 N–H and O–H groups in total. The maximum absolute atomic E-state index is 10.1. The van der Waals surface area contributed by atoms with Gasteiger partial charge in [0.25, 0.3) is 4.57 Å². The van der Waals surface area contributed by atoms with Crippen molar-refractivity contribution >= 4 is 62.7 Å². The summed E-state index contributed by atoms with van der Waals surface area (Å²) in [6, 6.07) is 0. The molecular formula is C3H2Cl4OS. The van der Waals surface area contributed by atoms with E-state index in [0.717, 1.165) is 0 Å². The van der Waals surface area contributed by atoms with Gasteiger partial charge in [-0.1, -0.05) is 23.2 Å². The Morgan fingerprint density at radius 3 is 2.11 bits per heavy atom. The van der Waals surface area contributed by atoms with Crippen molar-refractivity contribution in [3.63, 3.8) is 0 Å². The largest absolute Gasteiger partial charge is 0.282 e. The molecule has 0 aromatic carbocycles. The predicted octanol–water partition coefficient (Wildman–Crippen LogP) is 3.45. The first kappa shape index (κ1) is 10.2. The summed E-state index contributed by atoms with van der Waals surface area (Å²) in [7, 11) is 0. The minimum Gasteiger partial charge on any atom is -0.268 e. The van der Waals surface area contributed by atoms with Gasteiger partial charge in [-0.05, 0) is 23.4 Å². The molecule has 0 aromatic rings. The Morgan fingerprint density at radius 2 is 2.00 bits per heavy atom. The molecule has 0 aliphatic heterocycles. The van der Waals surface area contributed by atoms with Crippen molar-refractivity contribution in [3.05, 3.63) is 0 Å². The van der Waals surface area contributed by atoms with E-state index in [9.17, 15) is 4.79 Å². The van der Waals surface area contributed by atoms with E-state index >= 15 is 0 Å². The summed E-state index contributed by atoms with van der Waals surface area (Å²) in [5, 5.41) is 0. The summed E-state index contributed by atoms with van der Waals surface area (Å²) in [4.78, 5) is 10.1. The lowest BCUT2D eigenvalue weighted by atomic mass is 10.9. The summed E-state index contributed by atoms with van der Waals surface area (Å²) in [6.45, 7) is 0. The Kier molecular flexibility index (Phi) is 4.68. The van der Waals surface area contributed by atoms with Crippen molar-refractivity contribution < 1.29 is 4.79 Å². The summed E-state index contributed by atoms with van der Waals surface area (Å²) < 4.78 is -1.96. The lowest BCUT2D eigenvalue weighted by molar-refractivity contribution is 0.276. The van der Waals surface area contributed by atoms with E-state index in [0.29, 0.717) is 11.8 Å². The predicted molar refractivity (Wildman–Crippen MR) is 44.0 cm³/mol. The molecule has 54 valence electrons. The molecule has 0 unspecified atom stereocenters. The quantitative estimate of drug-likeness (QED) is 0.531. The second kappa shape index (κ2) is 4.14. The number of hydrogen-bond acceptors (Lipinski definition) is 2. The van der Waals surface area contributed by atoms with Gasteiger partial charge in [0.05, 0.1) is 5.88 Å². The van der Waals surface area contributed by atoms with Gasteiger partial charge in [0, 0.05) is 0 Å². The molecule has 1 nitrogen and oxygen atoms in total. The maximum atomic E-state index is 10.1. The van der Waals surface area contributed by atoms with Crippen molar-refractivity contribution in [2.75, 3.05) is 5.88 Å². The van der Waals surface area contributed by atoms with Crippen LogP contribution in [0.4, 0.5) is 4.79 Å². The first-order valence-corrected chi connectivity index (χ1v) is 4.29. The number of alkyl halides is 3. The summed E-state index contributed by atoms with van der Waals surface area (Å²) in [5.41, 5.74) is 0. The van der Waals surface area contributed by atoms with Crippen LogP contribution in [0, 0.1) is 0 Å². The van der Waals surface area contributed by atoms with Gasteiger partial charge in [0.15, 0.2) is 3.67 Å².